The molecule has 2 fully saturated rings. The fourth-order valence-corrected chi connectivity index (χ4v) is 7.20. The molecule has 5 nitrogen and oxygen atoms in total. The highest BCUT2D eigenvalue weighted by molar-refractivity contribution is 7.92. The third-order valence-electron chi connectivity index (χ3n) is 7.00. The molecule has 1 aliphatic heterocycles. The van der Waals surface area contributed by atoms with Crippen molar-refractivity contribution >= 4 is 15.7 Å². The van der Waals surface area contributed by atoms with Crippen molar-refractivity contribution in [1.29, 1.82) is 0 Å². The molecule has 0 bridgehead atoms. The Balaban J connectivity index is 1.60. The predicted octanol–water partition coefficient (Wildman–Crippen LogP) is 3.32. The van der Waals surface area contributed by atoms with E-state index in [0.717, 1.165) is 6.07 Å². The van der Waals surface area contributed by atoms with Crippen LogP contribution in [0.2, 0.25) is 0 Å². The molecule has 1 aliphatic carbocycles. The van der Waals surface area contributed by atoms with Crippen LogP contribution in [0, 0.1) is 11.6 Å². The number of sulfone groups is 1. The first-order chi connectivity index (χ1) is 15.1. The molecule has 2 aromatic carbocycles. The lowest BCUT2D eigenvalue weighted by atomic mass is 9.89. The average Bonchev–Trinajstić information content (AvgIpc) is 3.53. The van der Waals surface area contributed by atoms with Gasteiger partial charge in [-0.05, 0) is 66.8 Å². The lowest BCUT2D eigenvalue weighted by molar-refractivity contribution is -0.118. The molecule has 0 spiro atoms. The van der Waals surface area contributed by atoms with Crippen LogP contribution in [0.15, 0.2) is 42.5 Å². The Morgan fingerprint density at radius 2 is 1.84 bits per heavy atom. The van der Waals surface area contributed by atoms with Gasteiger partial charge < -0.3 is 11.1 Å². The van der Waals surface area contributed by atoms with E-state index in [1.165, 1.54) is 6.07 Å². The highest BCUT2D eigenvalue weighted by atomic mass is 32.2. The Hall–Kier alpha value is -2.32. The second-order valence-corrected chi connectivity index (χ2v) is 11.5. The third kappa shape index (κ3) is 4.30. The van der Waals surface area contributed by atoms with Crippen LogP contribution < -0.4 is 11.1 Å². The number of benzene rings is 2. The van der Waals surface area contributed by atoms with Crippen molar-refractivity contribution < 1.29 is 22.0 Å². The molecule has 3 atom stereocenters. The number of hydrogen-bond donors (Lipinski definition) is 2. The molecule has 4 rings (SSSR count). The standard InChI is InChI=1S/C24H28F2N2O3S/c1-15-21(32(30,31)22(14-28-15)16-5-3-2-4-6-16)12-17-11-20(26)18(13-19(17)25)24(9-10-24)8-7-23(27)29/h2-6,11,13,15,21-22,28H,7-10,12,14H2,1H3,(H2,27,29)/t15-,21?,22-/m0/s1. The second kappa shape index (κ2) is 8.56. The summed E-state index contributed by atoms with van der Waals surface area (Å²) in [4.78, 5) is 11.1. The van der Waals surface area contributed by atoms with E-state index >= 15 is 8.78 Å². The van der Waals surface area contributed by atoms with Gasteiger partial charge in [-0.15, -0.1) is 0 Å². The van der Waals surface area contributed by atoms with E-state index < -0.39 is 49.3 Å². The molecular formula is C24H28F2N2O3S. The number of nitrogens with two attached hydrogens (primary N) is 1. The summed E-state index contributed by atoms with van der Waals surface area (Å²) < 4.78 is 56.9. The van der Waals surface area contributed by atoms with E-state index in [0.29, 0.717) is 24.8 Å². The first-order valence-corrected chi connectivity index (χ1v) is 12.5. The summed E-state index contributed by atoms with van der Waals surface area (Å²) in [6.07, 6.45) is 1.73. The quantitative estimate of drug-likeness (QED) is 0.661. The maximum absolute atomic E-state index is 15.1. The molecule has 172 valence electrons. The van der Waals surface area contributed by atoms with Crippen LogP contribution in [0.1, 0.15) is 54.5 Å². The van der Waals surface area contributed by atoms with Crippen molar-refractivity contribution in [1.82, 2.24) is 5.32 Å². The highest BCUT2D eigenvalue weighted by Crippen LogP contribution is 2.52. The number of carbonyl (C=O) groups excluding carboxylic acids is 1. The van der Waals surface area contributed by atoms with Gasteiger partial charge in [0, 0.05) is 19.0 Å². The van der Waals surface area contributed by atoms with Gasteiger partial charge >= 0.3 is 0 Å². The predicted molar refractivity (Wildman–Crippen MR) is 119 cm³/mol. The normalized spacial score (nSPS) is 25.9. The fourth-order valence-electron chi connectivity index (χ4n) is 4.84. The van der Waals surface area contributed by atoms with Crippen LogP contribution >= 0.6 is 0 Å². The van der Waals surface area contributed by atoms with Gasteiger partial charge in [0.2, 0.25) is 5.91 Å². The van der Waals surface area contributed by atoms with E-state index in [1.54, 1.807) is 31.2 Å². The molecule has 32 heavy (non-hydrogen) atoms. The van der Waals surface area contributed by atoms with Gasteiger partial charge in [-0.25, -0.2) is 17.2 Å². The van der Waals surface area contributed by atoms with Crippen molar-refractivity contribution in [2.75, 3.05) is 6.54 Å². The largest absolute Gasteiger partial charge is 0.370 e. The maximum Gasteiger partial charge on any atom is 0.217 e. The number of hydrogen-bond acceptors (Lipinski definition) is 4. The van der Waals surface area contributed by atoms with Crippen molar-refractivity contribution in [2.24, 2.45) is 5.73 Å². The van der Waals surface area contributed by atoms with E-state index in [-0.39, 0.29) is 30.5 Å². The third-order valence-corrected chi connectivity index (χ3v) is 9.66. The number of nitrogens with one attached hydrogen (secondary N) is 1. The summed E-state index contributed by atoms with van der Waals surface area (Å²) in [6, 6.07) is 10.9. The van der Waals surface area contributed by atoms with Gasteiger partial charge in [0.15, 0.2) is 9.84 Å². The monoisotopic (exact) mass is 462 g/mol. The van der Waals surface area contributed by atoms with Gasteiger partial charge in [-0.1, -0.05) is 30.3 Å². The minimum atomic E-state index is -3.64. The molecule has 1 heterocycles. The van der Waals surface area contributed by atoms with Crippen LogP contribution in [-0.2, 0) is 26.5 Å². The van der Waals surface area contributed by atoms with Crippen molar-refractivity contribution in [3.63, 3.8) is 0 Å². The Labute approximate surface area is 187 Å². The topological polar surface area (TPSA) is 89.3 Å². The summed E-state index contributed by atoms with van der Waals surface area (Å²) in [5, 5.41) is 1.61. The molecular weight excluding hydrogens is 434 g/mol. The molecule has 1 saturated carbocycles. The van der Waals surface area contributed by atoms with Gasteiger partial charge in [-0.3, -0.25) is 4.79 Å². The Morgan fingerprint density at radius 3 is 2.47 bits per heavy atom. The summed E-state index contributed by atoms with van der Waals surface area (Å²) in [5.41, 5.74) is 5.65. The molecule has 3 N–H and O–H groups in total. The van der Waals surface area contributed by atoms with Crippen molar-refractivity contribution in [3.05, 3.63) is 70.8 Å². The Kier molecular flexibility index (Phi) is 6.11. The second-order valence-electron chi connectivity index (χ2n) is 9.10. The van der Waals surface area contributed by atoms with Gasteiger partial charge in [0.1, 0.15) is 11.6 Å². The van der Waals surface area contributed by atoms with Gasteiger partial charge in [0.25, 0.3) is 0 Å². The smallest absolute Gasteiger partial charge is 0.217 e. The molecule has 0 radical (unpaired) electrons. The molecule has 1 saturated heterocycles. The van der Waals surface area contributed by atoms with Gasteiger partial charge in [0.05, 0.1) is 10.5 Å². The highest BCUT2D eigenvalue weighted by Gasteiger charge is 2.47. The first-order valence-electron chi connectivity index (χ1n) is 10.9. The fraction of sp³-hybridized carbons (Fsp3) is 0.458. The van der Waals surface area contributed by atoms with E-state index in [1.807, 2.05) is 6.07 Å². The summed E-state index contributed by atoms with van der Waals surface area (Å²) in [7, 11) is -3.64. The number of primary amides is 1. The molecule has 2 aromatic rings. The Bertz CT molecular complexity index is 1120. The lowest BCUT2D eigenvalue weighted by Gasteiger charge is -2.35. The molecule has 0 aromatic heterocycles. The minimum Gasteiger partial charge on any atom is -0.370 e. The van der Waals surface area contributed by atoms with Crippen LogP contribution in [-0.4, -0.2) is 32.2 Å². The van der Waals surface area contributed by atoms with Crippen LogP contribution in [0.4, 0.5) is 8.78 Å². The summed E-state index contributed by atoms with van der Waals surface area (Å²) >= 11 is 0. The maximum atomic E-state index is 15.1. The zero-order chi connectivity index (χ0) is 23.1. The summed E-state index contributed by atoms with van der Waals surface area (Å²) in [6.45, 7) is 2.04. The zero-order valence-corrected chi connectivity index (χ0v) is 18.8. The molecule has 8 heteroatoms. The minimum absolute atomic E-state index is 0.0490. The molecule has 2 aliphatic rings. The molecule has 1 unspecified atom stereocenters. The zero-order valence-electron chi connectivity index (χ0n) is 18.0. The van der Waals surface area contributed by atoms with Crippen molar-refractivity contribution in [3.8, 4) is 0 Å². The summed E-state index contributed by atoms with van der Waals surface area (Å²) in [5.74, 6) is -1.64. The average molecular weight is 463 g/mol. The van der Waals surface area contributed by atoms with E-state index in [2.05, 4.69) is 5.32 Å². The number of carbonyl (C=O) groups is 1. The van der Waals surface area contributed by atoms with E-state index in [9.17, 15) is 13.2 Å². The number of rotatable bonds is 7. The Morgan fingerprint density at radius 1 is 1.16 bits per heavy atom. The van der Waals surface area contributed by atoms with E-state index in [4.69, 9.17) is 5.73 Å². The van der Waals surface area contributed by atoms with Gasteiger partial charge in [-0.2, -0.15) is 0 Å². The van der Waals surface area contributed by atoms with Crippen LogP contribution in [0.5, 0.6) is 0 Å². The lowest BCUT2D eigenvalue weighted by Crippen LogP contribution is -2.53. The van der Waals surface area contributed by atoms with Crippen LogP contribution in [0.3, 0.4) is 0 Å². The SMILES string of the molecule is C[C@@H]1NC[C@@H](c2ccccc2)S(=O)(=O)C1Cc1cc(F)c(C2(CCC(N)=O)CC2)cc1F. The molecule has 1 amide bonds. The number of halogens is 2. The first kappa shape index (κ1) is 22.9. The number of amides is 1. The van der Waals surface area contributed by atoms with Crippen molar-refractivity contribution in [2.45, 2.75) is 61.0 Å². The van der Waals surface area contributed by atoms with Crippen LogP contribution in [0.25, 0.3) is 0 Å².